The fraction of sp³-hybridized carbons (Fsp3) is 0.857. The first kappa shape index (κ1) is 9.40. The number of carboxylic acids is 1. The summed E-state index contributed by atoms with van der Waals surface area (Å²) in [5.74, 6) is -0.863. The van der Waals surface area contributed by atoms with Crippen LogP contribution >= 0.6 is 0 Å². The molecule has 0 amide bonds. The predicted molar refractivity (Wildman–Crippen MR) is 36.6 cm³/mol. The molecule has 0 aromatic rings. The van der Waals surface area contributed by atoms with Gasteiger partial charge in [0.15, 0.2) is 0 Å². The number of hydrogen-bond donors (Lipinski definition) is 1. The van der Waals surface area contributed by atoms with E-state index in [0.29, 0.717) is 6.42 Å². The first-order valence-electron chi connectivity index (χ1n) is 3.26. The fourth-order valence-corrected chi connectivity index (χ4v) is 0.754. The molecular weight excluding hydrogens is 135 g/mol. The zero-order chi connectivity index (χ0) is 8.20. The van der Waals surface area contributed by atoms with E-state index in [0.717, 1.165) is 0 Å². The van der Waals surface area contributed by atoms with Crippen molar-refractivity contribution in [2.45, 2.75) is 26.7 Å². The van der Waals surface area contributed by atoms with E-state index in [1.807, 2.05) is 0 Å². The Morgan fingerprint density at radius 1 is 1.60 bits per heavy atom. The third-order valence-electron chi connectivity index (χ3n) is 1.40. The van der Waals surface area contributed by atoms with Crippen molar-refractivity contribution in [3.05, 3.63) is 0 Å². The summed E-state index contributed by atoms with van der Waals surface area (Å²) in [7, 11) is 0. The molecule has 0 aliphatic heterocycles. The van der Waals surface area contributed by atoms with E-state index in [2.05, 4.69) is 0 Å². The quantitative estimate of drug-likeness (QED) is 0.660. The molecule has 1 N–H and O–H groups in total. The summed E-state index contributed by atoms with van der Waals surface area (Å²) in [6.07, 6.45) is 0.357. The van der Waals surface area contributed by atoms with Gasteiger partial charge in [-0.25, -0.2) is 0 Å². The van der Waals surface area contributed by atoms with Crippen LogP contribution in [-0.2, 0) is 4.79 Å². The van der Waals surface area contributed by atoms with Gasteiger partial charge in [-0.15, -0.1) is 0 Å². The Labute approximate surface area is 60.1 Å². The molecule has 0 rings (SSSR count). The zero-order valence-corrected chi connectivity index (χ0v) is 6.35. The number of hydrogen-bond acceptors (Lipinski definition) is 1. The molecule has 10 heavy (non-hydrogen) atoms. The minimum absolute atomic E-state index is 0.0386. The maximum Gasteiger partial charge on any atom is 0.303 e. The highest BCUT2D eigenvalue weighted by molar-refractivity contribution is 5.67. The standard InChI is InChI=1S/C7H13FO2/c1-7(2,3-4-8)5-6(9)10/h3-5H2,1-2H3,(H,9,10). The monoisotopic (exact) mass is 148 g/mol. The van der Waals surface area contributed by atoms with Crippen molar-refractivity contribution in [1.82, 2.24) is 0 Å². The van der Waals surface area contributed by atoms with Crippen molar-refractivity contribution in [1.29, 1.82) is 0 Å². The molecule has 0 unspecified atom stereocenters. The Hall–Kier alpha value is -0.600. The minimum atomic E-state index is -0.863. The highest BCUT2D eigenvalue weighted by Gasteiger charge is 2.20. The summed E-state index contributed by atoms with van der Waals surface area (Å²) in [6, 6.07) is 0. The molecule has 0 heterocycles. The van der Waals surface area contributed by atoms with Crippen LogP contribution in [0.3, 0.4) is 0 Å². The second kappa shape index (κ2) is 3.54. The molecule has 3 heteroatoms. The number of alkyl halides is 1. The third-order valence-corrected chi connectivity index (χ3v) is 1.40. The van der Waals surface area contributed by atoms with Gasteiger partial charge in [0.1, 0.15) is 0 Å². The summed E-state index contributed by atoms with van der Waals surface area (Å²) >= 11 is 0. The molecule has 0 aromatic heterocycles. The predicted octanol–water partition coefficient (Wildman–Crippen LogP) is 1.85. The lowest BCUT2D eigenvalue weighted by atomic mass is 9.86. The topological polar surface area (TPSA) is 37.3 Å². The maximum absolute atomic E-state index is 11.7. The van der Waals surface area contributed by atoms with E-state index in [9.17, 15) is 9.18 Å². The normalized spacial score (nSPS) is 11.5. The zero-order valence-electron chi connectivity index (χ0n) is 6.35. The molecule has 0 aliphatic rings. The fourth-order valence-electron chi connectivity index (χ4n) is 0.754. The van der Waals surface area contributed by atoms with Crippen LogP contribution in [0, 0.1) is 5.41 Å². The molecule has 0 radical (unpaired) electrons. The van der Waals surface area contributed by atoms with Gasteiger partial charge in [0.25, 0.3) is 0 Å². The van der Waals surface area contributed by atoms with Gasteiger partial charge in [-0.1, -0.05) is 13.8 Å². The smallest absolute Gasteiger partial charge is 0.303 e. The minimum Gasteiger partial charge on any atom is -0.481 e. The molecular formula is C7H13FO2. The third kappa shape index (κ3) is 4.30. The average Bonchev–Trinajstić information content (AvgIpc) is 1.59. The van der Waals surface area contributed by atoms with Gasteiger partial charge in [-0.05, 0) is 11.8 Å². The van der Waals surface area contributed by atoms with Crippen LogP contribution in [0.2, 0.25) is 0 Å². The molecule has 2 nitrogen and oxygen atoms in total. The van der Waals surface area contributed by atoms with Gasteiger partial charge in [-0.3, -0.25) is 9.18 Å². The Balaban J connectivity index is 3.74. The van der Waals surface area contributed by atoms with Crippen molar-refractivity contribution in [2.75, 3.05) is 6.67 Å². The SMILES string of the molecule is CC(C)(CCF)CC(=O)O. The largest absolute Gasteiger partial charge is 0.481 e. The van der Waals surface area contributed by atoms with Gasteiger partial charge in [0.2, 0.25) is 0 Å². The van der Waals surface area contributed by atoms with Crippen LogP contribution in [0.5, 0.6) is 0 Å². The van der Waals surface area contributed by atoms with Crippen LogP contribution in [0.1, 0.15) is 26.7 Å². The molecule has 0 fully saturated rings. The van der Waals surface area contributed by atoms with E-state index < -0.39 is 18.1 Å². The Kier molecular flexibility index (Phi) is 3.33. The number of aliphatic carboxylic acids is 1. The van der Waals surface area contributed by atoms with E-state index in [-0.39, 0.29) is 6.42 Å². The van der Waals surface area contributed by atoms with Gasteiger partial charge in [0.05, 0.1) is 13.1 Å². The summed E-state index contributed by atoms with van der Waals surface area (Å²) in [5.41, 5.74) is -0.402. The van der Waals surface area contributed by atoms with E-state index in [1.54, 1.807) is 13.8 Å². The van der Waals surface area contributed by atoms with Crippen LogP contribution in [-0.4, -0.2) is 17.8 Å². The number of rotatable bonds is 4. The summed E-state index contributed by atoms with van der Waals surface area (Å²) in [6.45, 7) is 3.06. The van der Waals surface area contributed by atoms with Gasteiger partial charge in [0, 0.05) is 0 Å². The molecule has 0 aromatic carbocycles. The van der Waals surface area contributed by atoms with Crippen LogP contribution < -0.4 is 0 Å². The van der Waals surface area contributed by atoms with E-state index >= 15 is 0 Å². The second-order valence-corrected chi connectivity index (χ2v) is 3.17. The van der Waals surface area contributed by atoms with Crippen molar-refractivity contribution in [3.63, 3.8) is 0 Å². The van der Waals surface area contributed by atoms with Crippen molar-refractivity contribution >= 4 is 5.97 Å². The molecule has 0 saturated carbocycles. The number of halogens is 1. The maximum atomic E-state index is 11.7. The molecule has 0 saturated heterocycles. The lowest BCUT2D eigenvalue weighted by Crippen LogP contribution is -2.17. The van der Waals surface area contributed by atoms with Crippen molar-refractivity contribution in [2.24, 2.45) is 5.41 Å². The molecule has 0 bridgehead atoms. The molecule has 0 aliphatic carbocycles. The van der Waals surface area contributed by atoms with Crippen molar-refractivity contribution in [3.8, 4) is 0 Å². The van der Waals surface area contributed by atoms with Gasteiger partial charge < -0.3 is 5.11 Å². The van der Waals surface area contributed by atoms with Gasteiger partial charge >= 0.3 is 5.97 Å². The van der Waals surface area contributed by atoms with E-state index in [4.69, 9.17) is 5.11 Å². The average molecular weight is 148 g/mol. The number of carboxylic acid groups (broad SMARTS) is 1. The highest BCUT2D eigenvalue weighted by atomic mass is 19.1. The van der Waals surface area contributed by atoms with Crippen molar-refractivity contribution < 1.29 is 14.3 Å². The summed E-state index contributed by atoms with van der Waals surface area (Å²) in [5, 5.41) is 8.35. The molecule has 60 valence electrons. The number of carbonyl (C=O) groups is 1. The Morgan fingerprint density at radius 3 is 2.40 bits per heavy atom. The second-order valence-electron chi connectivity index (χ2n) is 3.17. The molecule has 0 atom stereocenters. The summed E-state index contributed by atoms with van der Waals surface area (Å²) in [4.78, 5) is 10.2. The van der Waals surface area contributed by atoms with Gasteiger partial charge in [-0.2, -0.15) is 0 Å². The highest BCUT2D eigenvalue weighted by Crippen LogP contribution is 2.24. The van der Waals surface area contributed by atoms with Crippen LogP contribution in [0.15, 0.2) is 0 Å². The Morgan fingerprint density at radius 2 is 2.10 bits per heavy atom. The lowest BCUT2D eigenvalue weighted by Gasteiger charge is -2.19. The van der Waals surface area contributed by atoms with E-state index in [1.165, 1.54) is 0 Å². The van der Waals surface area contributed by atoms with Crippen LogP contribution in [0.4, 0.5) is 4.39 Å². The first-order valence-corrected chi connectivity index (χ1v) is 3.26. The first-order chi connectivity index (χ1) is 4.48. The van der Waals surface area contributed by atoms with Crippen LogP contribution in [0.25, 0.3) is 0 Å². The molecule has 0 spiro atoms. The lowest BCUT2D eigenvalue weighted by molar-refractivity contribution is -0.139. The Bertz CT molecular complexity index is 121. The summed E-state index contributed by atoms with van der Waals surface area (Å²) < 4.78 is 11.7.